The number of hydrogen-bond acceptors (Lipinski definition) is 2. The van der Waals surface area contributed by atoms with E-state index in [1.54, 1.807) is 0 Å². The zero-order chi connectivity index (χ0) is 9.84. The number of aromatic nitrogens is 2. The van der Waals surface area contributed by atoms with E-state index in [1.165, 1.54) is 0 Å². The van der Waals surface area contributed by atoms with Crippen molar-refractivity contribution in [1.29, 1.82) is 0 Å². The highest BCUT2D eigenvalue weighted by atomic mass is 79.9. The Kier molecular flexibility index (Phi) is 3.85. The average molecular weight is 243 g/mol. The summed E-state index contributed by atoms with van der Waals surface area (Å²) in [7, 11) is 0. The summed E-state index contributed by atoms with van der Waals surface area (Å²) in [6.45, 7) is 6.32. The van der Waals surface area contributed by atoms with Crippen molar-refractivity contribution in [2.75, 3.05) is 0 Å². The minimum atomic E-state index is 0.502. The topological polar surface area (TPSA) is 25.8 Å². The second kappa shape index (κ2) is 4.70. The van der Waals surface area contributed by atoms with Crippen molar-refractivity contribution >= 4 is 15.9 Å². The maximum Gasteiger partial charge on any atom is 0.125 e. The standard InChI is InChI=1S/C10H15BrN2/c1-7(2)10(11)6-9-4-5-12-8(3)13-9/h4-5,7,10H,6H2,1-3H3. The summed E-state index contributed by atoms with van der Waals surface area (Å²) < 4.78 is 0. The van der Waals surface area contributed by atoms with Gasteiger partial charge in [0.25, 0.3) is 0 Å². The van der Waals surface area contributed by atoms with Crippen LogP contribution in [-0.2, 0) is 6.42 Å². The summed E-state index contributed by atoms with van der Waals surface area (Å²) >= 11 is 3.64. The Morgan fingerprint density at radius 3 is 2.69 bits per heavy atom. The highest BCUT2D eigenvalue weighted by Gasteiger charge is 2.10. The van der Waals surface area contributed by atoms with E-state index >= 15 is 0 Å². The zero-order valence-corrected chi connectivity index (χ0v) is 9.87. The van der Waals surface area contributed by atoms with Gasteiger partial charge in [-0.05, 0) is 18.9 Å². The van der Waals surface area contributed by atoms with Crippen LogP contribution in [0, 0.1) is 12.8 Å². The first-order valence-corrected chi connectivity index (χ1v) is 5.43. The molecule has 1 aromatic rings. The second-order valence-corrected chi connectivity index (χ2v) is 4.74. The van der Waals surface area contributed by atoms with Gasteiger partial charge in [0.2, 0.25) is 0 Å². The van der Waals surface area contributed by atoms with E-state index in [-0.39, 0.29) is 0 Å². The molecule has 0 spiro atoms. The Morgan fingerprint density at radius 2 is 2.15 bits per heavy atom. The van der Waals surface area contributed by atoms with Crippen LogP contribution in [0.2, 0.25) is 0 Å². The normalized spacial score (nSPS) is 13.3. The second-order valence-electron chi connectivity index (χ2n) is 3.56. The SMILES string of the molecule is Cc1nccc(CC(Br)C(C)C)n1. The molecule has 0 saturated carbocycles. The molecular weight excluding hydrogens is 228 g/mol. The Bertz CT molecular complexity index is 273. The van der Waals surface area contributed by atoms with Crippen molar-refractivity contribution in [1.82, 2.24) is 9.97 Å². The lowest BCUT2D eigenvalue weighted by atomic mass is 10.1. The van der Waals surface area contributed by atoms with Crippen LogP contribution < -0.4 is 0 Å². The van der Waals surface area contributed by atoms with Crippen LogP contribution >= 0.6 is 15.9 Å². The van der Waals surface area contributed by atoms with Crippen LogP contribution in [0.25, 0.3) is 0 Å². The molecular formula is C10H15BrN2. The van der Waals surface area contributed by atoms with Crippen molar-refractivity contribution in [3.8, 4) is 0 Å². The maximum absolute atomic E-state index is 4.35. The third-order valence-electron chi connectivity index (χ3n) is 1.96. The van der Waals surface area contributed by atoms with Gasteiger partial charge >= 0.3 is 0 Å². The molecule has 0 N–H and O–H groups in total. The Balaban J connectivity index is 2.64. The molecule has 1 heterocycles. The van der Waals surface area contributed by atoms with Crippen LogP contribution in [0.5, 0.6) is 0 Å². The molecule has 1 unspecified atom stereocenters. The fourth-order valence-electron chi connectivity index (χ4n) is 1.05. The van der Waals surface area contributed by atoms with Gasteiger partial charge in [-0.1, -0.05) is 29.8 Å². The summed E-state index contributed by atoms with van der Waals surface area (Å²) in [6.07, 6.45) is 2.79. The van der Waals surface area contributed by atoms with Gasteiger partial charge < -0.3 is 0 Å². The van der Waals surface area contributed by atoms with Gasteiger partial charge in [0.15, 0.2) is 0 Å². The maximum atomic E-state index is 4.35. The molecule has 1 aromatic heterocycles. The minimum Gasteiger partial charge on any atom is -0.242 e. The zero-order valence-electron chi connectivity index (χ0n) is 8.29. The van der Waals surface area contributed by atoms with E-state index in [2.05, 4.69) is 39.7 Å². The molecule has 1 atom stereocenters. The fraction of sp³-hybridized carbons (Fsp3) is 0.600. The molecule has 0 aliphatic heterocycles. The Morgan fingerprint density at radius 1 is 1.46 bits per heavy atom. The monoisotopic (exact) mass is 242 g/mol. The molecule has 3 heteroatoms. The first-order valence-electron chi connectivity index (χ1n) is 4.52. The van der Waals surface area contributed by atoms with Crippen molar-refractivity contribution in [3.63, 3.8) is 0 Å². The van der Waals surface area contributed by atoms with Gasteiger partial charge in [0.05, 0.1) is 0 Å². The molecule has 1 rings (SSSR count). The number of nitrogens with zero attached hydrogens (tertiary/aromatic N) is 2. The fourth-order valence-corrected chi connectivity index (χ4v) is 1.39. The summed E-state index contributed by atoms with van der Waals surface area (Å²) in [5, 5.41) is 0. The third-order valence-corrected chi connectivity index (χ3v) is 3.34. The Hall–Kier alpha value is -0.440. The molecule has 0 fully saturated rings. The summed E-state index contributed by atoms with van der Waals surface area (Å²) in [6, 6.07) is 1.98. The van der Waals surface area contributed by atoms with Crippen LogP contribution in [0.15, 0.2) is 12.3 Å². The van der Waals surface area contributed by atoms with Crippen molar-refractivity contribution < 1.29 is 0 Å². The molecule has 0 bridgehead atoms. The van der Waals surface area contributed by atoms with Crippen LogP contribution in [0.1, 0.15) is 25.4 Å². The van der Waals surface area contributed by atoms with E-state index in [0.29, 0.717) is 10.7 Å². The predicted octanol–water partition coefficient (Wildman–Crippen LogP) is 2.75. The molecule has 2 nitrogen and oxygen atoms in total. The van der Waals surface area contributed by atoms with Gasteiger partial charge in [-0.3, -0.25) is 0 Å². The van der Waals surface area contributed by atoms with Crippen LogP contribution in [0.3, 0.4) is 0 Å². The van der Waals surface area contributed by atoms with E-state index in [1.807, 2.05) is 19.2 Å². The van der Waals surface area contributed by atoms with Crippen molar-refractivity contribution in [2.24, 2.45) is 5.92 Å². The predicted molar refractivity (Wildman–Crippen MR) is 58.0 cm³/mol. The van der Waals surface area contributed by atoms with Gasteiger partial charge in [-0.2, -0.15) is 0 Å². The van der Waals surface area contributed by atoms with Crippen molar-refractivity contribution in [3.05, 3.63) is 23.8 Å². The van der Waals surface area contributed by atoms with Crippen LogP contribution in [-0.4, -0.2) is 14.8 Å². The average Bonchev–Trinajstić information content (AvgIpc) is 2.04. The molecule has 13 heavy (non-hydrogen) atoms. The molecule has 0 saturated heterocycles. The lowest BCUT2D eigenvalue weighted by Crippen LogP contribution is -2.11. The first-order chi connectivity index (χ1) is 6.09. The quantitative estimate of drug-likeness (QED) is 0.763. The highest BCUT2D eigenvalue weighted by Crippen LogP contribution is 2.16. The van der Waals surface area contributed by atoms with Gasteiger partial charge in [0, 0.05) is 23.1 Å². The molecule has 0 aliphatic rings. The first kappa shape index (κ1) is 10.6. The highest BCUT2D eigenvalue weighted by molar-refractivity contribution is 9.09. The summed E-state index contributed by atoms with van der Waals surface area (Å²) in [5.41, 5.74) is 1.11. The smallest absolute Gasteiger partial charge is 0.125 e. The van der Waals surface area contributed by atoms with Gasteiger partial charge in [-0.25, -0.2) is 9.97 Å². The molecule has 0 aliphatic carbocycles. The van der Waals surface area contributed by atoms with E-state index in [0.717, 1.165) is 17.9 Å². The summed E-state index contributed by atoms with van der Waals surface area (Å²) in [4.78, 5) is 8.92. The van der Waals surface area contributed by atoms with E-state index in [4.69, 9.17) is 0 Å². The summed E-state index contributed by atoms with van der Waals surface area (Å²) in [5.74, 6) is 1.48. The Labute approximate surface area is 87.9 Å². The number of halogens is 1. The van der Waals surface area contributed by atoms with Crippen molar-refractivity contribution in [2.45, 2.75) is 32.0 Å². The number of aryl methyl sites for hydroxylation is 1. The van der Waals surface area contributed by atoms with Gasteiger partial charge in [0.1, 0.15) is 5.82 Å². The molecule has 0 amide bonds. The van der Waals surface area contributed by atoms with E-state index < -0.39 is 0 Å². The number of rotatable bonds is 3. The van der Waals surface area contributed by atoms with E-state index in [9.17, 15) is 0 Å². The van der Waals surface area contributed by atoms with Gasteiger partial charge in [-0.15, -0.1) is 0 Å². The number of hydrogen-bond donors (Lipinski definition) is 0. The largest absolute Gasteiger partial charge is 0.242 e. The van der Waals surface area contributed by atoms with Crippen LogP contribution in [0.4, 0.5) is 0 Å². The minimum absolute atomic E-state index is 0.502. The molecule has 0 radical (unpaired) electrons. The molecule has 0 aromatic carbocycles. The number of alkyl halides is 1. The lowest BCUT2D eigenvalue weighted by molar-refractivity contribution is 0.606. The molecule has 72 valence electrons. The third kappa shape index (κ3) is 3.43. The lowest BCUT2D eigenvalue weighted by Gasteiger charge is -2.12.